The number of aliphatic carboxylic acids is 1. The van der Waals surface area contributed by atoms with Gasteiger partial charge >= 0.3 is 5.97 Å². The lowest BCUT2D eigenvalue weighted by Gasteiger charge is -2.39. The van der Waals surface area contributed by atoms with E-state index in [9.17, 15) is 18.7 Å². The van der Waals surface area contributed by atoms with Gasteiger partial charge in [-0.2, -0.15) is 0 Å². The Bertz CT molecular complexity index is 1220. The number of alkyl halides is 1. The molecule has 0 bridgehead atoms. The van der Waals surface area contributed by atoms with E-state index in [4.69, 9.17) is 4.74 Å². The van der Waals surface area contributed by atoms with Crippen LogP contribution in [0.1, 0.15) is 55.8 Å². The number of fused-ring (bicyclic) bond motifs is 1. The Morgan fingerprint density at radius 2 is 1.95 bits per heavy atom. The van der Waals surface area contributed by atoms with Crippen LogP contribution in [-0.2, 0) is 11.2 Å². The predicted octanol–water partition coefficient (Wildman–Crippen LogP) is 6.75. The molecular formula is C30H35F3N2O3. The first-order valence-electron chi connectivity index (χ1n) is 13.3. The number of likely N-dealkylation sites (tertiary alicyclic amines) is 1. The fourth-order valence-corrected chi connectivity index (χ4v) is 5.69. The van der Waals surface area contributed by atoms with Crippen molar-refractivity contribution in [3.8, 4) is 5.75 Å². The van der Waals surface area contributed by atoms with Crippen molar-refractivity contribution in [3.05, 3.63) is 71.4 Å². The van der Waals surface area contributed by atoms with E-state index in [0.29, 0.717) is 62.0 Å². The van der Waals surface area contributed by atoms with Gasteiger partial charge in [0.25, 0.3) is 0 Å². The Morgan fingerprint density at radius 1 is 1.16 bits per heavy atom. The number of ether oxygens (including phenoxy) is 1. The van der Waals surface area contributed by atoms with Gasteiger partial charge in [-0.15, -0.1) is 0 Å². The molecule has 1 aliphatic heterocycles. The van der Waals surface area contributed by atoms with Crippen LogP contribution < -0.4 is 4.74 Å². The van der Waals surface area contributed by atoms with Crippen LogP contribution in [0.5, 0.6) is 5.75 Å². The molecule has 1 fully saturated rings. The minimum atomic E-state index is -1.17. The SMILES string of the molecule is COc1ccc2nccc(C(F)CC[C@@H]3CCN(CCCc4c(F)cccc4F)C[C@@H]3CCC(=O)O)c2c1. The van der Waals surface area contributed by atoms with Crippen molar-refractivity contribution in [1.29, 1.82) is 0 Å². The lowest BCUT2D eigenvalue weighted by molar-refractivity contribution is -0.137. The van der Waals surface area contributed by atoms with E-state index in [1.807, 2.05) is 12.1 Å². The first-order valence-corrected chi connectivity index (χ1v) is 13.3. The molecule has 0 amide bonds. The van der Waals surface area contributed by atoms with Crippen molar-refractivity contribution in [2.75, 3.05) is 26.7 Å². The number of pyridine rings is 1. The fourth-order valence-electron chi connectivity index (χ4n) is 5.69. The monoisotopic (exact) mass is 528 g/mol. The molecule has 5 nitrogen and oxygen atoms in total. The Kier molecular flexibility index (Phi) is 9.61. The van der Waals surface area contributed by atoms with Crippen molar-refractivity contribution in [2.24, 2.45) is 11.8 Å². The van der Waals surface area contributed by atoms with E-state index >= 15 is 4.39 Å². The van der Waals surface area contributed by atoms with Crippen molar-refractivity contribution < 1.29 is 27.8 Å². The number of hydrogen-bond acceptors (Lipinski definition) is 4. The molecule has 1 aliphatic rings. The molecule has 0 spiro atoms. The zero-order chi connectivity index (χ0) is 27.1. The number of aromatic nitrogens is 1. The average Bonchev–Trinajstić information content (AvgIpc) is 2.92. The maximum absolute atomic E-state index is 15.5. The smallest absolute Gasteiger partial charge is 0.303 e. The van der Waals surface area contributed by atoms with Crippen LogP contribution in [0.2, 0.25) is 0 Å². The molecule has 2 aromatic carbocycles. The summed E-state index contributed by atoms with van der Waals surface area (Å²) in [6.45, 7) is 2.20. The second kappa shape index (κ2) is 13.1. The third kappa shape index (κ3) is 7.04. The van der Waals surface area contributed by atoms with E-state index in [0.717, 1.165) is 18.4 Å². The van der Waals surface area contributed by atoms with Gasteiger partial charge in [-0.25, -0.2) is 13.2 Å². The predicted molar refractivity (Wildman–Crippen MR) is 141 cm³/mol. The second-order valence-electron chi connectivity index (χ2n) is 10.2. The highest BCUT2D eigenvalue weighted by Gasteiger charge is 2.30. The van der Waals surface area contributed by atoms with Gasteiger partial charge < -0.3 is 14.7 Å². The van der Waals surface area contributed by atoms with Gasteiger partial charge in [0.1, 0.15) is 23.6 Å². The highest BCUT2D eigenvalue weighted by molar-refractivity contribution is 5.83. The Morgan fingerprint density at radius 3 is 2.68 bits per heavy atom. The summed E-state index contributed by atoms with van der Waals surface area (Å²) in [7, 11) is 1.58. The zero-order valence-electron chi connectivity index (χ0n) is 21.7. The number of carboxylic acids is 1. The number of piperidine rings is 1. The van der Waals surface area contributed by atoms with Gasteiger partial charge in [0, 0.05) is 30.1 Å². The molecule has 1 unspecified atom stereocenters. The van der Waals surface area contributed by atoms with E-state index in [1.54, 1.807) is 25.4 Å². The van der Waals surface area contributed by atoms with Crippen molar-refractivity contribution >= 4 is 16.9 Å². The molecule has 0 aliphatic carbocycles. The highest BCUT2D eigenvalue weighted by Crippen LogP contribution is 2.36. The van der Waals surface area contributed by atoms with Crippen molar-refractivity contribution in [2.45, 2.75) is 51.1 Å². The summed E-state index contributed by atoms with van der Waals surface area (Å²) in [6, 6.07) is 11.1. The number of hydrogen-bond donors (Lipinski definition) is 1. The summed E-state index contributed by atoms with van der Waals surface area (Å²) in [5.41, 5.74) is 1.42. The lowest BCUT2D eigenvalue weighted by atomic mass is 9.79. The van der Waals surface area contributed by atoms with E-state index < -0.39 is 23.8 Å². The summed E-state index contributed by atoms with van der Waals surface area (Å²) >= 11 is 0. The quantitative estimate of drug-likeness (QED) is 0.282. The van der Waals surface area contributed by atoms with Gasteiger partial charge in [0.2, 0.25) is 0 Å². The molecule has 1 N–H and O–H groups in total. The van der Waals surface area contributed by atoms with Crippen LogP contribution in [0.4, 0.5) is 13.2 Å². The maximum atomic E-state index is 15.5. The normalized spacial score (nSPS) is 18.9. The molecule has 1 saturated heterocycles. The summed E-state index contributed by atoms with van der Waals surface area (Å²) in [5.74, 6) is -0.884. The van der Waals surface area contributed by atoms with Crippen molar-refractivity contribution in [1.82, 2.24) is 9.88 Å². The van der Waals surface area contributed by atoms with Crippen LogP contribution in [0.3, 0.4) is 0 Å². The molecule has 3 aromatic rings. The molecule has 3 atom stereocenters. The number of rotatable bonds is 12. The topological polar surface area (TPSA) is 62.7 Å². The highest BCUT2D eigenvalue weighted by atomic mass is 19.1. The molecule has 4 rings (SSSR count). The number of carbonyl (C=O) groups is 1. The standard InChI is InChI=1S/C30H35F3N2O3/c1-38-22-9-11-29-25(18-22)23(13-15-34-29)28(33)10-7-20-14-17-35(19-21(20)8-12-30(36)37)16-3-4-24-26(31)5-2-6-27(24)32/h2,5-6,9,11,13,15,18,20-21,28H,3-4,7-8,10,12,14,16-17,19H2,1H3,(H,36,37)/t20-,21+,28?/m1/s1. The first-order chi connectivity index (χ1) is 18.4. The largest absolute Gasteiger partial charge is 0.497 e. The molecular weight excluding hydrogens is 493 g/mol. The third-order valence-electron chi connectivity index (χ3n) is 7.78. The maximum Gasteiger partial charge on any atom is 0.303 e. The van der Waals surface area contributed by atoms with E-state index in [2.05, 4.69) is 9.88 Å². The Labute approximate surface area is 221 Å². The summed E-state index contributed by atoms with van der Waals surface area (Å²) < 4.78 is 48.7. The third-order valence-corrected chi connectivity index (χ3v) is 7.78. The second-order valence-corrected chi connectivity index (χ2v) is 10.2. The van der Waals surface area contributed by atoms with Gasteiger partial charge in [-0.1, -0.05) is 6.07 Å². The summed E-state index contributed by atoms with van der Waals surface area (Å²) in [6.07, 6.45) is 3.83. The number of nitrogens with zero attached hydrogens (tertiary/aromatic N) is 2. The molecule has 1 aromatic heterocycles. The molecule has 38 heavy (non-hydrogen) atoms. The summed E-state index contributed by atoms with van der Waals surface area (Å²) in [4.78, 5) is 17.9. The van der Waals surface area contributed by atoms with Crippen molar-refractivity contribution in [3.63, 3.8) is 0 Å². The molecule has 204 valence electrons. The van der Waals surface area contributed by atoms with Crippen LogP contribution >= 0.6 is 0 Å². The fraction of sp³-hybridized carbons (Fsp3) is 0.467. The number of carboxylic acid groups (broad SMARTS) is 1. The van der Waals surface area contributed by atoms with Gasteiger partial charge in [-0.05, 0) is 105 Å². The molecule has 8 heteroatoms. The number of halogens is 3. The molecule has 0 radical (unpaired) electrons. The van der Waals surface area contributed by atoms with Gasteiger partial charge in [-0.3, -0.25) is 9.78 Å². The molecule has 0 saturated carbocycles. The number of methoxy groups -OCH3 is 1. The van der Waals surface area contributed by atoms with Gasteiger partial charge in [0.15, 0.2) is 0 Å². The van der Waals surface area contributed by atoms with E-state index in [1.165, 1.54) is 18.2 Å². The Hall–Kier alpha value is -3.13. The first kappa shape index (κ1) is 27.9. The minimum absolute atomic E-state index is 0.0727. The average molecular weight is 529 g/mol. The van der Waals surface area contributed by atoms with Crippen LogP contribution in [0.25, 0.3) is 10.9 Å². The minimum Gasteiger partial charge on any atom is -0.497 e. The zero-order valence-corrected chi connectivity index (χ0v) is 21.7. The Balaban J connectivity index is 1.36. The summed E-state index contributed by atoms with van der Waals surface area (Å²) in [5, 5.41) is 10.0. The van der Waals surface area contributed by atoms with Crippen LogP contribution in [0.15, 0.2) is 48.7 Å². The number of benzene rings is 2. The van der Waals surface area contributed by atoms with Gasteiger partial charge in [0.05, 0.1) is 12.6 Å². The van der Waals surface area contributed by atoms with E-state index in [-0.39, 0.29) is 23.8 Å². The van der Waals surface area contributed by atoms with Crippen LogP contribution in [0, 0.1) is 23.5 Å². The lowest BCUT2D eigenvalue weighted by Crippen LogP contribution is -2.41. The molecule has 2 heterocycles. The van der Waals surface area contributed by atoms with Crippen LogP contribution in [-0.4, -0.2) is 47.7 Å².